The van der Waals surface area contributed by atoms with Gasteiger partial charge >= 0.3 is 5.97 Å². The largest absolute Gasteiger partial charge is 0.423 e. The van der Waals surface area contributed by atoms with Gasteiger partial charge in [0, 0.05) is 4.43 Å². The van der Waals surface area contributed by atoms with Gasteiger partial charge in [-0.1, -0.05) is 52.4 Å². The minimum absolute atomic E-state index is 0.322. The molecule has 0 amide bonds. The molecular weight excluding hydrogens is 339 g/mol. The molecule has 0 aliphatic rings. The second-order valence-corrected chi connectivity index (χ2v) is 4.80. The molecule has 2 nitrogen and oxygen atoms in total. The van der Waals surface area contributed by atoms with Crippen molar-refractivity contribution < 1.29 is 9.53 Å². The van der Waals surface area contributed by atoms with Crippen LogP contribution in [0, 0.1) is 6.92 Å². The summed E-state index contributed by atoms with van der Waals surface area (Å²) in [6.45, 7) is 1.98. The van der Waals surface area contributed by atoms with Crippen LogP contribution >= 0.6 is 22.6 Å². The number of ether oxygens (including phenoxy) is 1. The van der Waals surface area contributed by atoms with Gasteiger partial charge in [-0.15, -0.1) is 0 Å². The summed E-state index contributed by atoms with van der Waals surface area (Å²) >= 11 is 2.30. The van der Waals surface area contributed by atoms with Crippen LogP contribution in [-0.2, 0) is 4.43 Å². The molecule has 0 saturated carbocycles. The molecule has 0 radical (unpaired) electrons. The first kappa shape index (κ1) is 13.1. The average Bonchev–Trinajstić information content (AvgIpc) is 2.40. The molecular formula is C15H13IO2. The fourth-order valence-electron chi connectivity index (χ4n) is 1.50. The Hall–Kier alpha value is -1.36. The molecule has 0 aromatic heterocycles. The van der Waals surface area contributed by atoms with E-state index in [0.29, 0.717) is 11.3 Å². The quantitative estimate of drug-likeness (QED) is 0.359. The lowest BCUT2D eigenvalue weighted by molar-refractivity contribution is 0.0735. The number of halogens is 1. The maximum atomic E-state index is 11.9. The van der Waals surface area contributed by atoms with Crippen LogP contribution in [0.15, 0.2) is 48.5 Å². The predicted molar refractivity (Wildman–Crippen MR) is 80.3 cm³/mol. The van der Waals surface area contributed by atoms with Crippen LogP contribution in [0.5, 0.6) is 5.75 Å². The monoisotopic (exact) mass is 352 g/mol. The molecule has 3 heteroatoms. The minimum atomic E-state index is -0.322. The van der Waals surface area contributed by atoms with Crippen LogP contribution in [0.1, 0.15) is 21.5 Å². The third-order valence-corrected chi connectivity index (χ3v) is 3.46. The third-order valence-electron chi connectivity index (χ3n) is 2.58. The molecule has 0 fully saturated rings. The van der Waals surface area contributed by atoms with Gasteiger partial charge in [-0.2, -0.15) is 0 Å². The lowest BCUT2D eigenvalue weighted by Crippen LogP contribution is -2.08. The second kappa shape index (κ2) is 6.00. The molecule has 0 aliphatic heterocycles. The van der Waals surface area contributed by atoms with E-state index in [1.54, 1.807) is 12.1 Å². The standard InChI is InChI=1S/C15H13IO2/c1-11-2-6-13(7-3-11)15(17)18-14-8-4-12(10-16)5-9-14/h2-9H,10H2,1H3. The van der Waals surface area contributed by atoms with E-state index in [9.17, 15) is 4.79 Å². The van der Waals surface area contributed by atoms with Crippen LogP contribution in [0.4, 0.5) is 0 Å². The number of aryl methyl sites for hydroxylation is 1. The normalized spacial score (nSPS) is 10.1. The van der Waals surface area contributed by atoms with E-state index in [-0.39, 0.29) is 5.97 Å². The van der Waals surface area contributed by atoms with Gasteiger partial charge in [-0.05, 0) is 36.8 Å². The predicted octanol–water partition coefficient (Wildman–Crippen LogP) is 4.15. The first-order valence-corrected chi connectivity index (χ1v) is 7.15. The zero-order valence-corrected chi connectivity index (χ0v) is 12.2. The van der Waals surface area contributed by atoms with E-state index in [1.807, 2.05) is 43.3 Å². The van der Waals surface area contributed by atoms with Crippen molar-refractivity contribution in [3.8, 4) is 5.75 Å². The number of hydrogen-bond acceptors (Lipinski definition) is 2. The summed E-state index contributed by atoms with van der Waals surface area (Å²) in [5.74, 6) is 0.256. The van der Waals surface area contributed by atoms with Crippen LogP contribution < -0.4 is 4.74 Å². The van der Waals surface area contributed by atoms with Crippen molar-refractivity contribution in [3.05, 3.63) is 65.2 Å². The Bertz CT molecular complexity index is 529. The summed E-state index contributed by atoms with van der Waals surface area (Å²) < 4.78 is 6.25. The highest BCUT2D eigenvalue weighted by atomic mass is 127. The zero-order chi connectivity index (χ0) is 13.0. The molecule has 2 aromatic rings. The fraction of sp³-hybridized carbons (Fsp3) is 0.133. The molecule has 0 heterocycles. The summed E-state index contributed by atoms with van der Waals surface area (Å²) in [4.78, 5) is 11.9. The SMILES string of the molecule is Cc1ccc(C(=O)Oc2ccc(CI)cc2)cc1. The second-order valence-electron chi connectivity index (χ2n) is 4.03. The maximum absolute atomic E-state index is 11.9. The average molecular weight is 352 g/mol. The lowest BCUT2D eigenvalue weighted by atomic mass is 10.1. The van der Waals surface area contributed by atoms with Gasteiger partial charge in [0.25, 0.3) is 0 Å². The van der Waals surface area contributed by atoms with E-state index in [1.165, 1.54) is 5.56 Å². The van der Waals surface area contributed by atoms with E-state index in [4.69, 9.17) is 4.74 Å². The van der Waals surface area contributed by atoms with Crippen molar-refractivity contribution in [1.82, 2.24) is 0 Å². The van der Waals surface area contributed by atoms with Gasteiger partial charge in [0.05, 0.1) is 5.56 Å². The maximum Gasteiger partial charge on any atom is 0.343 e. The minimum Gasteiger partial charge on any atom is -0.423 e. The number of benzene rings is 2. The van der Waals surface area contributed by atoms with Crippen molar-refractivity contribution in [3.63, 3.8) is 0 Å². The molecule has 2 rings (SSSR count). The Kier molecular flexibility index (Phi) is 4.36. The highest BCUT2D eigenvalue weighted by Crippen LogP contribution is 2.16. The summed E-state index contributed by atoms with van der Waals surface area (Å²) in [6, 6.07) is 14.9. The molecule has 0 unspecified atom stereocenters. The number of carbonyl (C=O) groups is 1. The van der Waals surface area contributed by atoms with Crippen molar-refractivity contribution in [2.24, 2.45) is 0 Å². The molecule has 0 bridgehead atoms. The van der Waals surface area contributed by atoms with E-state index < -0.39 is 0 Å². The Balaban J connectivity index is 2.08. The van der Waals surface area contributed by atoms with Crippen molar-refractivity contribution >= 4 is 28.6 Å². The third kappa shape index (κ3) is 3.32. The Labute approximate surface area is 120 Å². The van der Waals surface area contributed by atoms with Crippen molar-refractivity contribution in [1.29, 1.82) is 0 Å². The van der Waals surface area contributed by atoms with Crippen molar-refractivity contribution in [2.75, 3.05) is 0 Å². The first-order chi connectivity index (χ1) is 8.69. The van der Waals surface area contributed by atoms with Gasteiger partial charge in [-0.25, -0.2) is 4.79 Å². The molecule has 0 N–H and O–H groups in total. The van der Waals surface area contributed by atoms with Gasteiger partial charge in [0.15, 0.2) is 0 Å². The molecule has 0 aliphatic carbocycles. The number of esters is 1. The summed E-state index contributed by atoms with van der Waals surface area (Å²) in [5, 5.41) is 0. The number of alkyl halides is 1. The Morgan fingerprint density at radius 3 is 2.22 bits per heavy atom. The summed E-state index contributed by atoms with van der Waals surface area (Å²) in [5.41, 5.74) is 2.90. The first-order valence-electron chi connectivity index (χ1n) is 5.63. The van der Waals surface area contributed by atoms with E-state index in [2.05, 4.69) is 22.6 Å². The van der Waals surface area contributed by atoms with Gasteiger partial charge in [0.1, 0.15) is 5.75 Å². The van der Waals surface area contributed by atoms with E-state index >= 15 is 0 Å². The molecule has 0 spiro atoms. The highest BCUT2D eigenvalue weighted by Gasteiger charge is 2.07. The van der Waals surface area contributed by atoms with Crippen molar-refractivity contribution in [2.45, 2.75) is 11.4 Å². The topological polar surface area (TPSA) is 26.3 Å². The van der Waals surface area contributed by atoms with E-state index in [0.717, 1.165) is 9.99 Å². The Morgan fingerprint density at radius 2 is 1.67 bits per heavy atom. The highest BCUT2D eigenvalue weighted by molar-refractivity contribution is 14.1. The summed E-state index contributed by atoms with van der Waals surface area (Å²) in [6.07, 6.45) is 0. The molecule has 0 saturated heterocycles. The van der Waals surface area contributed by atoms with Crippen LogP contribution in [0.2, 0.25) is 0 Å². The molecule has 2 aromatic carbocycles. The number of rotatable bonds is 3. The molecule has 0 atom stereocenters. The number of carbonyl (C=O) groups excluding carboxylic acids is 1. The smallest absolute Gasteiger partial charge is 0.343 e. The lowest BCUT2D eigenvalue weighted by Gasteiger charge is -2.05. The fourth-order valence-corrected chi connectivity index (χ4v) is 2.01. The molecule has 18 heavy (non-hydrogen) atoms. The molecule has 92 valence electrons. The van der Waals surface area contributed by atoms with Crippen LogP contribution in [0.25, 0.3) is 0 Å². The van der Waals surface area contributed by atoms with Crippen LogP contribution in [-0.4, -0.2) is 5.97 Å². The van der Waals surface area contributed by atoms with Gasteiger partial charge in [-0.3, -0.25) is 0 Å². The number of hydrogen-bond donors (Lipinski definition) is 0. The van der Waals surface area contributed by atoms with Gasteiger partial charge < -0.3 is 4.74 Å². The van der Waals surface area contributed by atoms with Gasteiger partial charge in [0.2, 0.25) is 0 Å². The zero-order valence-electron chi connectivity index (χ0n) is 10.0. The van der Waals surface area contributed by atoms with Crippen LogP contribution in [0.3, 0.4) is 0 Å². The Morgan fingerprint density at radius 1 is 1.06 bits per heavy atom. The summed E-state index contributed by atoms with van der Waals surface area (Å²) in [7, 11) is 0.